The van der Waals surface area contributed by atoms with Gasteiger partial charge in [0.15, 0.2) is 0 Å². The number of H-pyrrole nitrogens is 2. The third-order valence-corrected chi connectivity index (χ3v) is 2.51. The van der Waals surface area contributed by atoms with Gasteiger partial charge in [0.2, 0.25) is 0 Å². The second kappa shape index (κ2) is 2.95. The summed E-state index contributed by atoms with van der Waals surface area (Å²) >= 11 is 0. The number of imidazole rings is 1. The summed E-state index contributed by atoms with van der Waals surface area (Å²) in [5.74, 6) is 0.880. The van der Waals surface area contributed by atoms with Crippen LogP contribution < -0.4 is 0 Å². The van der Waals surface area contributed by atoms with Crippen molar-refractivity contribution in [2.75, 3.05) is 0 Å². The molecule has 0 fully saturated rings. The lowest BCUT2D eigenvalue weighted by atomic mass is 10.1. The molecule has 0 spiro atoms. The summed E-state index contributed by atoms with van der Waals surface area (Å²) in [4.78, 5) is 7.37. The van der Waals surface area contributed by atoms with E-state index < -0.39 is 0 Å². The molecule has 4 nitrogen and oxygen atoms in total. The standard InChI is InChI=1S/C11H10N4/c1-7-10-8(11-12-5-6-13-11)3-2-4-9(10)15-14-7/h2-6H,1H3,(H,12,13)(H,14,15). The predicted octanol–water partition coefficient (Wildman–Crippen LogP) is 2.26. The van der Waals surface area contributed by atoms with Crippen molar-refractivity contribution in [1.29, 1.82) is 0 Å². The zero-order valence-electron chi connectivity index (χ0n) is 8.28. The van der Waals surface area contributed by atoms with Crippen LogP contribution in [-0.4, -0.2) is 20.2 Å². The summed E-state index contributed by atoms with van der Waals surface area (Å²) in [6.45, 7) is 2.02. The molecule has 0 radical (unpaired) electrons. The van der Waals surface area contributed by atoms with Crippen molar-refractivity contribution < 1.29 is 0 Å². The van der Waals surface area contributed by atoms with Crippen LogP contribution in [0.1, 0.15) is 5.69 Å². The van der Waals surface area contributed by atoms with Gasteiger partial charge in [-0.05, 0) is 13.0 Å². The van der Waals surface area contributed by atoms with E-state index in [2.05, 4.69) is 20.2 Å². The molecule has 0 saturated heterocycles. The van der Waals surface area contributed by atoms with Crippen molar-refractivity contribution in [2.24, 2.45) is 0 Å². The number of aromatic nitrogens is 4. The molecule has 3 aromatic rings. The van der Waals surface area contributed by atoms with Crippen molar-refractivity contribution in [3.8, 4) is 11.4 Å². The maximum atomic E-state index is 4.26. The summed E-state index contributed by atoms with van der Waals surface area (Å²) in [5, 5.41) is 8.34. The van der Waals surface area contributed by atoms with E-state index in [4.69, 9.17) is 0 Å². The first kappa shape index (κ1) is 8.23. The van der Waals surface area contributed by atoms with E-state index in [0.29, 0.717) is 0 Å². The molecule has 3 rings (SSSR count). The Labute approximate surface area is 86.4 Å². The molecule has 2 N–H and O–H groups in total. The van der Waals surface area contributed by atoms with Crippen LogP contribution in [0.3, 0.4) is 0 Å². The first-order valence-corrected chi connectivity index (χ1v) is 4.80. The van der Waals surface area contributed by atoms with Gasteiger partial charge in [-0.3, -0.25) is 5.10 Å². The van der Waals surface area contributed by atoms with Gasteiger partial charge in [0.25, 0.3) is 0 Å². The summed E-state index contributed by atoms with van der Waals surface area (Å²) in [7, 11) is 0. The summed E-state index contributed by atoms with van der Waals surface area (Å²) in [6.07, 6.45) is 3.58. The van der Waals surface area contributed by atoms with Gasteiger partial charge in [-0.15, -0.1) is 0 Å². The fourth-order valence-electron chi connectivity index (χ4n) is 1.84. The lowest BCUT2D eigenvalue weighted by Gasteiger charge is -1.99. The minimum absolute atomic E-state index is 0.880. The highest BCUT2D eigenvalue weighted by Crippen LogP contribution is 2.26. The Balaban J connectivity index is 2.39. The molecule has 0 bridgehead atoms. The van der Waals surface area contributed by atoms with Crippen LogP contribution in [0.25, 0.3) is 22.3 Å². The van der Waals surface area contributed by atoms with E-state index in [1.165, 1.54) is 0 Å². The number of benzene rings is 1. The van der Waals surface area contributed by atoms with E-state index >= 15 is 0 Å². The number of aryl methyl sites for hydroxylation is 1. The van der Waals surface area contributed by atoms with E-state index in [1.807, 2.05) is 31.3 Å². The molecular formula is C11H10N4. The predicted molar refractivity (Wildman–Crippen MR) is 58.4 cm³/mol. The smallest absolute Gasteiger partial charge is 0.138 e. The molecule has 15 heavy (non-hydrogen) atoms. The summed E-state index contributed by atoms with van der Waals surface area (Å²) in [6, 6.07) is 6.02. The number of rotatable bonds is 1. The number of nitrogens with one attached hydrogen (secondary N) is 2. The second-order valence-corrected chi connectivity index (χ2v) is 3.49. The maximum absolute atomic E-state index is 4.26. The average Bonchev–Trinajstić information content (AvgIpc) is 2.88. The molecule has 0 saturated carbocycles. The van der Waals surface area contributed by atoms with Gasteiger partial charge in [0.05, 0.1) is 5.52 Å². The van der Waals surface area contributed by atoms with Crippen LogP contribution in [0, 0.1) is 6.92 Å². The Hall–Kier alpha value is -2.10. The van der Waals surface area contributed by atoms with Crippen LogP contribution >= 0.6 is 0 Å². The number of aromatic amines is 2. The molecule has 2 aromatic heterocycles. The fourth-order valence-corrected chi connectivity index (χ4v) is 1.84. The molecule has 0 aliphatic carbocycles. The Morgan fingerprint density at radius 3 is 3.00 bits per heavy atom. The molecule has 0 amide bonds. The molecule has 0 unspecified atom stereocenters. The SMILES string of the molecule is Cc1[nH]nc2cccc(-c3ncc[nH]3)c12. The van der Waals surface area contributed by atoms with Crippen LogP contribution in [0.4, 0.5) is 0 Å². The fraction of sp³-hybridized carbons (Fsp3) is 0.0909. The molecule has 1 aromatic carbocycles. The van der Waals surface area contributed by atoms with E-state index in [1.54, 1.807) is 6.20 Å². The van der Waals surface area contributed by atoms with Crippen molar-refractivity contribution >= 4 is 10.9 Å². The first-order valence-electron chi connectivity index (χ1n) is 4.80. The number of nitrogens with zero attached hydrogens (tertiary/aromatic N) is 2. The largest absolute Gasteiger partial charge is 0.345 e. The summed E-state index contributed by atoms with van der Waals surface area (Å²) < 4.78 is 0. The van der Waals surface area contributed by atoms with E-state index in [0.717, 1.165) is 28.0 Å². The normalized spacial score (nSPS) is 11.0. The number of hydrogen-bond acceptors (Lipinski definition) is 2. The minimum atomic E-state index is 0.880. The van der Waals surface area contributed by atoms with E-state index in [9.17, 15) is 0 Å². The van der Waals surface area contributed by atoms with Crippen molar-refractivity contribution in [1.82, 2.24) is 20.2 Å². The Morgan fingerprint density at radius 2 is 2.20 bits per heavy atom. The van der Waals surface area contributed by atoms with Crippen LogP contribution in [0.2, 0.25) is 0 Å². The van der Waals surface area contributed by atoms with Crippen LogP contribution in [-0.2, 0) is 0 Å². The lowest BCUT2D eigenvalue weighted by molar-refractivity contribution is 1.07. The molecule has 2 heterocycles. The van der Waals surface area contributed by atoms with Gasteiger partial charge in [0, 0.05) is 29.0 Å². The molecule has 4 heteroatoms. The first-order chi connectivity index (χ1) is 7.36. The highest BCUT2D eigenvalue weighted by Gasteiger charge is 2.09. The van der Waals surface area contributed by atoms with Gasteiger partial charge in [0.1, 0.15) is 5.82 Å². The van der Waals surface area contributed by atoms with Crippen molar-refractivity contribution in [3.63, 3.8) is 0 Å². The number of hydrogen-bond donors (Lipinski definition) is 2. The third kappa shape index (κ3) is 1.15. The maximum Gasteiger partial charge on any atom is 0.138 e. The van der Waals surface area contributed by atoms with Gasteiger partial charge in [-0.25, -0.2) is 4.98 Å². The van der Waals surface area contributed by atoms with Gasteiger partial charge in [-0.2, -0.15) is 5.10 Å². The highest BCUT2D eigenvalue weighted by molar-refractivity contribution is 5.94. The van der Waals surface area contributed by atoms with Gasteiger partial charge >= 0.3 is 0 Å². The molecule has 0 aliphatic rings. The van der Waals surface area contributed by atoms with Crippen LogP contribution in [0.15, 0.2) is 30.6 Å². The Morgan fingerprint density at radius 1 is 1.27 bits per heavy atom. The van der Waals surface area contributed by atoms with Crippen molar-refractivity contribution in [2.45, 2.75) is 6.92 Å². The molecule has 0 aliphatic heterocycles. The Kier molecular flexibility index (Phi) is 1.62. The quantitative estimate of drug-likeness (QED) is 0.630. The average molecular weight is 198 g/mol. The Bertz CT molecular complexity index is 592. The lowest BCUT2D eigenvalue weighted by Crippen LogP contribution is -1.82. The van der Waals surface area contributed by atoms with Crippen LogP contribution in [0.5, 0.6) is 0 Å². The van der Waals surface area contributed by atoms with E-state index in [-0.39, 0.29) is 0 Å². The topological polar surface area (TPSA) is 57.4 Å². The second-order valence-electron chi connectivity index (χ2n) is 3.49. The number of fused-ring (bicyclic) bond motifs is 1. The van der Waals surface area contributed by atoms with Gasteiger partial charge < -0.3 is 4.98 Å². The highest BCUT2D eigenvalue weighted by atomic mass is 15.1. The molecule has 74 valence electrons. The van der Waals surface area contributed by atoms with Gasteiger partial charge in [-0.1, -0.05) is 12.1 Å². The summed E-state index contributed by atoms with van der Waals surface area (Å²) in [5.41, 5.74) is 3.13. The third-order valence-electron chi connectivity index (χ3n) is 2.51. The zero-order chi connectivity index (χ0) is 10.3. The molecular weight excluding hydrogens is 188 g/mol. The monoisotopic (exact) mass is 198 g/mol. The van der Waals surface area contributed by atoms with Crippen molar-refractivity contribution in [3.05, 3.63) is 36.3 Å². The molecule has 0 atom stereocenters. The zero-order valence-corrected chi connectivity index (χ0v) is 8.28. The minimum Gasteiger partial charge on any atom is -0.345 e.